The number of furan rings is 1. The minimum Gasteiger partial charge on any atom is -0.497 e. The molecule has 1 heterocycles. The summed E-state index contributed by atoms with van der Waals surface area (Å²) < 4.78 is 10.6. The van der Waals surface area contributed by atoms with E-state index >= 15 is 0 Å². The molecule has 0 atom stereocenters. The summed E-state index contributed by atoms with van der Waals surface area (Å²) in [6.07, 6.45) is 1.37. The predicted molar refractivity (Wildman–Crippen MR) is 98.9 cm³/mol. The molecule has 0 spiro atoms. The van der Waals surface area contributed by atoms with Crippen molar-refractivity contribution in [3.63, 3.8) is 0 Å². The molecule has 1 amide bonds. The number of amides is 1. The van der Waals surface area contributed by atoms with Gasteiger partial charge in [0, 0.05) is 23.3 Å². The molecular weight excluding hydrogens is 350 g/mol. The third kappa shape index (κ3) is 4.37. The van der Waals surface area contributed by atoms with Gasteiger partial charge in [-0.15, -0.1) is 0 Å². The van der Waals surface area contributed by atoms with Gasteiger partial charge >= 0.3 is 0 Å². The fourth-order valence-electron chi connectivity index (χ4n) is 2.29. The van der Waals surface area contributed by atoms with E-state index < -0.39 is 4.92 Å². The number of benzene rings is 2. The highest BCUT2D eigenvalue weighted by Crippen LogP contribution is 2.24. The van der Waals surface area contributed by atoms with Gasteiger partial charge in [0.25, 0.3) is 11.6 Å². The van der Waals surface area contributed by atoms with Crippen LogP contribution in [0.4, 0.5) is 5.69 Å². The highest BCUT2D eigenvalue weighted by molar-refractivity contribution is 5.94. The Morgan fingerprint density at radius 1 is 1.11 bits per heavy atom. The van der Waals surface area contributed by atoms with Gasteiger partial charge in [-0.25, -0.2) is 5.43 Å². The third-order valence-electron chi connectivity index (χ3n) is 3.70. The van der Waals surface area contributed by atoms with Gasteiger partial charge in [0.2, 0.25) is 0 Å². The highest BCUT2D eigenvalue weighted by Gasteiger charge is 2.08. The van der Waals surface area contributed by atoms with E-state index in [2.05, 4.69) is 10.5 Å². The molecule has 136 valence electrons. The van der Waals surface area contributed by atoms with Crippen molar-refractivity contribution in [2.45, 2.75) is 0 Å². The molecule has 1 aromatic heterocycles. The molecule has 8 heteroatoms. The first-order chi connectivity index (χ1) is 13.1. The Labute approximate surface area is 154 Å². The molecule has 8 nitrogen and oxygen atoms in total. The van der Waals surface area contributed by atoms with Crippen molar-refractivity contribution in [2.24, 2.45) is 5.10 Å². The molecular formula is C19H15N3O5. The molecule has 0 saturated heterocycles. The quantitative estimate of drug-likeness (QED) is 0.408. The molecule has 1 N–H and O–H groups in total. The number of ether oxygens (including phenoxy) is 1. The van der Waals surface area contributed by atoms with Crippen molar-refractivity contribution in [2.75, 3.05) is 7.11 Å². The molecule has 3 rings (SSSR count). The van der Waals surface area contributed by atoms with Gasteiger partial charge < -0.3 is 9.15 Å². The number of carbonyl (C=O) groups is 1. The number of nitrogens with zero attached hydrogens (tertiary/aromatic N) is 2. The van der Waals surface area contributed by atoms with Gasteiger partial charge in [0.05, 0.1) is 18.2 Å². The van der Waals surface area contributed by atoms with E-state index in [1.165, 1.54) is 18.3 Å². The Bertz CT molecular complexity index is 975. The Balaban J connectivity index is 1.62. The summed E-state index contributed by atoms with van der Waals surface area (Å²) in [5.41, 5.74) is 3.56. The zero-order valence-electron chi connectivity index (χ0n) is 14.3. The van der Waals surface area contributed by atoms with Crippen LogP contribution in [0, 0.1) is 10.1 Å². The molecule has 0 aliphatic heterocycles. The van der Waals surface area contributed by atoms with Crippen LogP contribution in [0.3, 0.4) is 0 Å². The van der Waals surface area contributed by atoms with E-state index in [-0.39, 0.29) is 11.6 Å². The monoisotopic (exact) mass is 365 g/mol. The average Bonchev–Trinajstić information content (AvgIpc) is 3.17. The van der Waals surface area contributed by atoms with Crippen LogP contribution in [0.5, 0.6) is 5.75 Å². The van der Waals surface area contributed by atoms with E-state index in [0.29, 0.717) is 28.4 Å². The Morgan fingerprint density at radius 2 is 1.81 bits per heavy atom. The normalized spacial score (nSPS) is 10.7. The standard InChI is InChI=1S/C19H15N3O5/c1-26-16-8-4-14(5-9-16)19(23)21-20-12-17-10-11-18(27-17)13-2-6-15(7-3-13)22(24)25/h2-12H,1H3,(H,21,23)/b20-12-. The number of nitro groups is 1. The Hall–Kier alpha value is -3.94. The van der Waals surface area contributed by atoms with Gasteiger partial charge in [0.15, 0.2) is 0 Å². The second-order valence-electron chi connectivity index (χ2n) is 5.43. The topological polar surface area (TPSA) is 107 Å². The summed E-state index contributed by atoms with van der Waals surface area (Å²) in [7, 11) is 1.55. The molecule has 2 aromatic carbocycles. The highest BCUT2D eigenvalue weighted by atomic mass is 16.6. The van der Waals surface area contributed by atoms with Crippen LogP contribution >= 0.6 is 0 Å². The molecule has 0 radical (unpaired) electrons. The number of non-ortho nitro benzene ring substituents is 1. The van der Waals surface area contributed by atoms with Crippen LogP contribution in [0.2, 0.25) is 0 Å². The van der Waals surface area contributed by atoms with Crippen molar-refractivity contribution >= 4 is 17.8 Å². The Morgan fingerprint density at radius 3 is 2.44 bits per heavy atom. The number of methoxy groups -OCH3 is 1. The lowest BCUT2D eigenvalue weighted by Crippen LogP contribution is -2.17. The summed E-state index contributed by atoms with van der Waals surface area (Å²) in [6, 6.07) is 16.0. The number of nitro benzene ring substituents is 1. The number of hydrogen-bond acceptors (Lipinski definition) is 6. The number of nitrogens with one attached hydrogen (secondary N) is 1. The number of hydrazone groups is 1. The summed E-state index contributed by atoms with van der Waals surface area (Å²) in [6.45, 7) is 0. The van der Waals surface area contributed by atoms with E-state index in [4.69, 9.17) is 9.15 Å². The third-order valence-corrected chi connectivity index (χ3v) is 3.70. The van der Waals surface area contributed by atoms with Crippen LogP contribution in [0.25, 0.3) is 11.3 Å². The van der Waals surface area contributed by atoms with Crippen molar-refractivity contribution in [3.8, 4) is 17.1 Å². The SMILES string of the molecule is COc1ccc(C(=O)N/N=C\c2ccc(-c3ccc([N+](=O)[O-])cc3)o2)cc1. The maximum atomic E-state index is 12.0. The van der Waals surface area contributed by atoms with Gasteiger partial charge in [0.1, 0.15) is 17.3 Å². The van der Waals surface area contributed by atoms with Crippen LogP contribution < -0.4 is 10.2 Å². The number of rotatable bonds is 6. The number of hydrogen-bond donors (Lipinski definition) is 1. The smallest absolute Gasteiger partial charge is 0.271 e. The predicted octanol–water partition coefficient (Wildman–Crippen LogP) is 3.63. The lowest BCUT2D eigenvalue weighted by Gasteiger charge is -2.01. The lowest BCUT2D eigenvalue weighted by atomic mass is 10.1. The van der Waals surface area contributed by atoms with Crippen molar-refractivity contribution < 1.29 is 18.9 Å². The molecule has 0 bridgehead atoms. The summed E-state index contributed by atoms with van der Waals surface area (Å²) in [5, 5.41) is 14.6. The first kappa shape index (κ1) is 17.9. The molecule has 0 aliphatic rings. The Kier molecular flexibility index (Phi) is 5.27. The van der Waals surface area contributed by atoms with Crippen molar-refractivity contribution in [1.82, 2.24) is 5.43 Å². The van der Waals surface area contributed by atoms with E-state index in [9.17, 15) is 14.9 Å². The molecule has 0 fully saturated rings. The molecule has 27 heavy (non-hydrogen) atoms. The van der Waals surface area contributed by atoms with Crippen molar-refractivity contribution in [3.05, 3.63) is 82.1 Å². The molecule has 3 aromatic rings. The summed E-state index contributed by atoms with van der Waals surface area (Å²) >= 11 is 0. The summed E-state index contributed by atoms with van der Waals surface area (Å²) in [4.78, 5) is 22.2. The van der Waals surface area contributed by atoms with Gasteiger partial charge in [-0.1, -0.05) is 0 Å². The number of carbonyl (C=O) groups excluding carboxylic acids is 1. The zero-order valence-corrected chi connectivity index (χ0v) is 14.3. The van der Waals surface area contributed by atoms with E-state index in [1.807, 2.05) is 0 Å². The fourth-order valence-corrected chi connectivity index (χ4v) is 2.29. The average molecular weight is 365 g/mol. The maximum Gasteiger partial charge on any atom is 0.271 e. The van der Waals surface area contributed by atoms with Crippen molar-refractivity contribution in [1.29, 1.82) is 0 Å². The van der Waals surface area contributed by atoms with E-state index in [0.717, 1.165) is 0 Å². The molecule has 0 saturated carbocycles. The first-order valence-electron chi connectivity index (χ1n) is 7.89. The minimum atomic E-state index is -0.463. The van der Waals surface area contributed by atoms with Crippen LogP contribution in [-0.2, 0) is 0 Å². The maximum absolute atomic E-state index is 12.0. The minimum absolute atomic E-state index is 0.00772. The van der Waals surface area contributed by atoms with Gasteiger partial charge in [-0.2, -0.15) is 5.10 Å². The fraction of sp³-hybridized carbons (Fsp3) is 0.0526. The molecule has 0 unspecified atom stereocenters. The molecule has 0 aliphatic carbocycles. The van der Waals surface area contributed by atoms with E-state index in [1.54, 1.807) is 55.6 Å². The van der Waals surface area contributed by atoms with Gasteiger partial charge in [-0.05, 0) is 48.5 Å². The second-order valence-corrected chi connectivity index (χ2v) is 5.43. The second kappa shape index (κ2) is 7.96. The lowest BCUT2D eigenvalue weighted by molar-refractivity contribution is -0.384. The van der Waals surface area contributed by atoms with Crippen LogP contribution in [0.1, 0.15) is 16.1 Å². The van der Waals surface area contributed by atoms with Gasteiger partial charge in [-0.3, -0.25) is 14.9 Å². The largest absolute Gasteiger partial charge is 0.497 e. The van der Waals surface area contributed by atoms with Crippen LogP contribution in [0.15, 0.2) is 70.2 Å². The zero-order chi connectivity index (χ0) is 19.2. The summed E-state index contributed by atoms with van der Waals surface area (Å²) in [5.74, 6) is 1.26. The van der Waals surface area contributed by atoms with Crippen LogP contribution in [-0.4, -0.2) is 24.2 Å². The first-order valence-corrected chi connectivity index (χ1v) is 7.89.